The zero-order chi connectivity index (χ0) is 23.1. The molecule has 0 spiro atoms. The van der Waals surface area contributed by atoms with Crippen molar-refractivity contribution in [2.24, 2.45) is 11.7 Å². The monoisotopic (exact) mass is 436 g/mol. The smallest absolute Gasteiger partial charge is 0.326 e. The molecule has 3 amide bonds. The number of carbonyl (C=O) groups excluding carboxylic acids is 3. The van der Waals surface area contributed by atoms with Gasteiger partial charge in [0.05, 0.1) is 12.4 Å². The summed E-state index contributed by atoms with van der Waals surface area (Å²) in [5.74, 6) is -2.30. The molecule has 1 aromatic heterocycles. The van der Waals surface area contributed by atoms with Gasteiger partial charge in [-0.2, -0.15) is 0 Å². The van der Waals surface area contributed by atoms with Crippen molar-refractivity contribution in [3.05, 3.63) is 18.2 Å². The van der Waals surface area contributed by atoms with Gasteiger partial charge in [-0.1, -0.05) is 13.8 Å². The van der Waals surface area contributed by atoms with Gasteiger partial charge < -0.3 is 31.4 Å². The summed E-state index contributed by atoms with van der Waals surface area (Å²) in [4.78, 5) is 57.4. The van der Waals surface area contributed by atoms with Crippen LogP contribution in [0.2, 0.25) is 0 Å². The summed E-state index contributed by atoms with van der Waals surface area (Å²) in [6.07, 6.45) is 4.60. The van der Waals surface area contributed by atoms with Gasteiger partial charge in [-0.3, -0.25) is 14.4 Å². The van der Waals surface area contributed by atoms with Crippen LogP contribution in [0.4, 0.5) is 0 Å². The van der Waals surface area contributed by atoms with E-state index >= 15 is 0 Å². The molecule has 11 heteroatoms. The van der Waals surface area contributed by atoms with Crippen molar-refractivity contribution in [2.45, 2.75) is 70.6 Å². The van der Waals surface area contributed by atoms with Crippen LogP contribution < -0.4 is 16.4 Å². The van der Waals surface area contributed by atoms with Crippen molar-refractivity contribution in [3.8, 4) is 0 Å². The summed E-state index contributed by atoms with van der Waals surface area (Å²) < 4.78 is 0. The van der Waals surface area contributed by atoms with E-state index in [1.165, 1.54) is 24.3 Å². The number of aromatic nitrogens is 2. The minimum Gasteiger partial charge on any atom is -0.480 e. The Bertz CT molecular complexity index is 781. The largest absolute Gasteiger partial charge is 0.480 e. The molecule has 1 aliphatic rings. The lowest BCUT2D eigenvalue weighted by molar-refractivity contribution is -0.143. The molecule has 6 N–H and O–H groups in total. The molecule has 1 aliphatic heterocycles. The third kappa shape index (κ3) is 6.78. The van der Waals surface area contributed by atoms with E-state index in [2.05, 4.69) is 20.6 Å². The second-order valence-corrected chi connectivity index (χ2v) is 8.34. The number of hydrogen-bond acceptors (Lipinski definition) is 6. The van der Waals surface area contributed by atoms with Gasteiger partial charge >= 0.3 is 5.97 Å². The van der Waals surface area contributed by atoms with Crippen LogP contribution in [0.15, 0.2) is 12.5 Å². The Morgan fingerprint density at radius 2 is 2.00 bits per heavy atom. The van der Waals surface area contributed by atoms with Gasteiger partial charge in [0.25, 0.3) is 0 Å². The average Bonchev–Trinajstić information content (AvgIpc) is 3.37. The first-order valence-electron chi connectivity index (χ1n) is 10.5. The van der Waals surface area contributed by atoms with Gasteiger partial charge in [0, 0.05) is 24.9 Å². The zero-order valence-corrected chi connectivity index (χ0v) is 18.1. The number of aliphatic carboxylic acids is 1. The van der Waals surface area contributed by atoms with E-state index in [0.717, 1.165) is 0 Å². The summed E-state index contributed by atoms with van der Waals surface area (Å²) in [7, 11) is 0. The molecule has 172 valence electrons. The molecule has 0 bridgehead atoms. The lowest BCUT2D eigenvalue weighted by Crippen LogP contribution is -2.56. The summed E-state index contributed by atoms with van der Waals surface area (Å²) >= 11 is 0. The highest BCUT2D eigenvalue weighted by Gasteiger charge is 2.37. The highest BCUT2D eigenvalue weighted by molar-refractivity contribution is 5.94. The summed E-state index contributed by atoms with van der Waals surface area (Å²) in [6.45, 7) is 5.85. The molecule has 0 radical (unpaired) electrons. The van der Waals surface area contributed by atoms with Crippen LogP contribution in [0.1, 0.15) is 45.7 Å². The fraction of sp³-hybridized carbons (Fsp3) is 0.650. The maximum atomic E-state index is 12.7. The first-order chi connectivity index (χ1) is 14.6. The van der Waals surface area contributed by atoms with Gasteiger partial charge in [-0.05, 0) is 32.1 Å². The highest BCUT2D eigenvalue weighted by Crippen LogP contribution is 2.20. The predicted molar refractivity (Wildman–Crippen MR) is 112 cm³/mol. The molecule has 2 rings (SSSR count). The van der Waals surface area contributed by atoms with Crippen LogP contribution in [0.5, 0.6) is 0 Å². The van der Waals surface area contributed by atoms with E-state index in [9.17, 15) is 24.3 Å². The number of amides is 3. The van der Waals surface area contributed by atoms with Crippen molar-refractivity contribution < 1.29 is 24.3 Å². The Balaban J connectivity index is 1.94. The van der Waals surface area contributed by atoms with Gasteiger partial charge in [-0.25, -0.2) is 9.78 Å². The number of H-pyrrole nitrogens is 1. The normalized spacial score (nSPS) is 19.0. The van der Waals surface area contributed by atoms with Gasteiger partial charge in [0.2, 0.25) is 17.7 Å². The maximum absolute atomic E-state index is 12.7. The van der Waals surface area contributed by atoms with Gasteiger partial charge in [0.1, 0.15) is 18.1 Å². The van der Waals surface area contributed by atoms with Crippen molar-refractivity contribution in [3.63, 3.8) is 0 Å². The Morgan fingerprint density at radius 1 is 1.29 bits per heavy atom. The van der Waals surface area contributed by atoms with Crippen molar-refractivity contribution >= 4 is 23.7 Å². The van der Waals surface area contributed by atoms with E-state index in [-0.39, 0.29) is 18.2 Å². The molecule has 1 saturated heterocycles. The third-order valence-corrected chi connectivity index (χ3v) is 5.23. The molecule has 31 heavy (non-hydrogen) atoms. The number of carbonyl (C=O) groups is 4. The van der Waals surface area contributed by atoms with Crippen molar-refractivity contribution in [1.29, 1.82) is 0 Å². The van der Waals surface area contributed by atoms with Crippen molar-refractivity contribution in [1.82, 2.24) is 25.5 Å². The Kier molecular flexibility index (Phi) is 8.55. The Morgan fingerprint density at radius 3 is 2.58 bits per heavy atom. The molecular formula is C20H32N6O5. The molecule has 1 fully saturated rings. The van der Waals surface area contributed by atoms with E-state index in [1.807, 2.05) is 13.8 Å². The number of imidazole rings is 1. The van der Waals surface area contributed by atoms with Crippen LogP contribution in [0.25, 0.3) is 0 Å². The number of nitrogens with zero attached hydrogens (tertiary/aromatic N) is 2. The number of nitrogens with one attached hydrogen (secondary N) is 3. The molecule has 0 saturated carbocycles. The fourth-order valence-corrected chi connectivity index (χ4v) is 3.61. The number of nitrogens with two attached hydrogens (primary N) is 1. The lowest BCUT2D eigenvalue weighted by Gasteiger charge is -2.28. The van der Waals surface area contributed by atoms with E-state index < -0.39 is 42.0 Å². The highest BCUT2D eigenvalue weighted by atomic mass is 16.4. The average molecular weight is 437 g/mol. The standard InChI is InChI=1S/C20H32N6O5/c1-11(2)7-14(21)19(29)26-6-4-5-16(26)18(28)24-12(3)17(27)25-15(20(30)31)8-13-9-22-10-23-13/h9-12,14-16H,4-8,21H2,1-3H3,(H,22,23)(H,24,28)(H,25,27)(H,30,31). The number of hydrogen-bond donors (Lipinski definition) is 5. The van der Waals surface area contributed by atoms with E-state index in [0.29, 0.717) is 31.5 Å². The summed E-state index contributed by atoms with van der Waals surface area (Å²) in [6, 6.07) is -3.52. The van der Waals surface area contributed by atoms with Crippen LogP contribution in [0, 0.1) is 5.92 Å². The van der Waals surface area contributed by atoms with Crippen LogP contribution in [-0.2, 0) is 25.6 Å². The second kappa shape index (κ2) is 10.9. The van der Waals surface area contributed by atoms with E-state index in [4.69, 9.17) is 5.73 Å². The summed E-state index contributed by atoms with van der Waals surface area (Å²) in [5, 5.41) is 14.4. The SMILES string of the molecule is CC(C)CC(N)C(=O)N1CCCC1C(=O)NC(C)C(=O)NC(Cc1cnc[nH]1)C(=O)O. The molecule has 11 nitrogen and oxygen atoms in total. The molecule has 4 unspecified atom stereocenters. The molecule has 2 heterocycles. The molecule has 4 atom stereocenters. The minimum absolute atomic E-state index is 0.0282. The van der Waals surface area contributed by atoms with Crippen molar-refractivity contribution in [2.75, 3.05) is 6.54 Å². The number of carboxylic acids is 1. The minimum atomic E-state index is -1.20. The number of aromatic amines is 1. The zero-order valence-electron chi connectivity index (χ0n) is 18.1. The third-order valence-electron chi connectivity index (χ3n) is 5.23. The fourth-order valence-electron chi connectivity index (χ4n) is 3.61. The van der Waals surface area contributed by atoms with Crippen LogP contribution >= 0.6 is 0 Å². The number of likely N-dealkylation sites (tertiary alicyclic amines) is 1. The van der Waals surface area contributed by atoms with Gasteiger partial charge in [-0.15, -0.1) is 0 Å². The molecule has 0 aliphatic carbocycles. The first kappa shape index (κ1) is 24.3. The Hall–Kier alpha value is -2.95. The van der Waals surface area contributed by atoms with E-state index in [1.54, 1.807) is 0 Å². The molecule has 1 aromatic rings. The number of rotatable bonds is 10. The molecule has 0 aromatic carbocycles. The van der Waals surface area contributed by atoms with Crippen LogP contribution in [-0.4, -0.2) is 74.4 Å². The predicted octanol–water partition coefficient (Wildman–Crippen LogP) is -0.609. The summed E-state index contributed by atoms with van der Waals surface area (Å²) in [5.41, 5.74) is 6.56. The molecular weight excluding hydrogens is 404 g/mol. The van der Waals surface area contributed by atoms with Gasteiger partial charge in [0.15, 0.2) is 0 Å². The topological polar surface area (TPSA) is 171 Å². The quantitative estimate of drug-likeness (QED) is 0.326. The first-order valence-corrected chi connectivity index (χ1v) is 10.5. The lowest BCUT2D eigenvalue weighted by atomic mass is 10.0. The van der Waals surface area contributed by atoms with Crippen LogP contribution in [0.3, 0.4) is 0 Å². The maximum Gasteiger partial charge on any atom is 0.326 e. The second-order valence-electron chi connectivity index (χ2n) is 8.34. The Labute approximate surface area is 181 Å². The number of carboxylic acid groups (broad SMARTS) is 1.